The van der Waals surface area contributed by atoms with Crippen molar-refractivity contribution in [1.29, 1.82) is 5.26 Å². The predicted octanol–water partition coefficient (Wildman–Crippen LogP) is 4.59. The van der Waals surface area contributed by atoms with E-state index in [9.17, 15) is 5.26 Å². The van der Waals surface area contributed by atoms with Crippen LogP contribution in [0.1, 0.15) is 35.4 Å². The molecule has 7 heteroatoms. The summed E-state index contributed by atoms with van der Waals surface area (Å²) >= 11 is 0. The predicted molar refractivity (Wildman–Crippen MR) is 107 cm³/mol. The fourth-order valence-corrected chi connectivity index (χ4v) is 3.22. The molecule has 1 aliphatic rings. The first kappa shape index (κ1) is 19.1. The molecule has 4 rings (SSSR count). The van der Waals surface area contributed by atoms with E-state index in [2.05, 4.69) is 16.4 Å². The highest BCUT2D eigenvalue weighted by molar-refractivity contribution is 5.54. The number of nitrogens with zero attached hydrogens (tertiary/aromatic N) is 2. The molecule has 1 N–H and O–H groups in total. The summed E-state index contributed by atoms with van der Waals surface area (Å²) in [6, 6.07) is 11.7. The highest BCUT2D eigenvalue weighted by Gasteiger charge is 2.20. The average Bonchev–Trinajstić information content (AvgIpc) is 3.47. The number of anilines is 1. The molecule has 0 unspecified atom stereocenters. The van der Waals surface area contributed by atoms with Gasteiger partial charge < -0.3 is 23.6 Å². The van der Waals surface area contributed by atoms with Gasteiger partial charge in [0.1, 0.15) is 24.2 Å². The minimum atomic E-state index is 0.132. The van der Waals surface area contributed by atoms with Crippen LogP contribution in [-0.4, -0.2) is 24.2 Å². The van der Waals surface area contributed by atoms with E-state index in [0.717, 1.165) is 36.3 Å². The average molecular weight is 393 g/mol. The third kappa shape index (κ3) is 4.44. The van der Waals surface area contributed by atoms with Crippen LogP contribution in [0.15, 0.2) is 39.2 Å². The molecule has 2 aromatic heterocycles. The van der Waals surface area contributed by atoms with E-state index in [1.165, 1.54) is 0 Å². The standard InChI is InChI=1S/C22H23N3O4/c1-14-5-6-15(2)20(10-14)27-13-17-7-8-19(28-17)22-25-18(11-23)21(29-22)24-12-16-4-3-9-26-16/h5-8,10,16,24H,3-4,9,12-13H2,1-2H3/t16-/m0/s1. The second-order valence-electron chi connectivity index (χ2n) is 7.15. The van der Waals surface area contributed by atoms with E-state index in [1.807, 2.05) is 38.1 Å². The number of oxazole rings is 1. The van der Waals surface area contributed by atoms with Gasteiger partial charge in [0.15, 0.2) is 5.76 Å². The van der Waals surface area contributed by atoms with Crippen molar-refractivity contribution in [2.24, 2.45) is 0 Å². The molecule has 29 heavy (non-hydrogen) atoms. The van der Waals surface area contributed by atoms with Crippen LogP contribution < -0.4 is 10.1 Å². The Morgan fingerprint density at radius 1 is 1.24 bits per heavy atom. The number of furan rings is 1. The summed E-state index contributed by atoms with van der Waals surface area (Å²) in [5.74, 6) is 2.51. The van der Waals surface area contributed by atoms with Crippen LogP contribution in [0, 0.1) is 25.2 Å². The van der Waals surface area contributed by atoms with E-state index in [4.69, 9.17) is 18.3 Å². The number of nitriles is 1. The lowest BCUT2D eigenvalue weighted by molar-refractivity contribution is 0.120. The maximum atomic E-state index is 9.34. The molecule has 1 saturated heterocycles. The van der Waals surface area contributed by atoms with E-state index in [-0.39, 0.29) is 17.7 Å². The fraction of sp³-hybridized carbons (Fsp3) is 0.364. The number of ether oxygens (including phenoxy) is 2. The highest BCUT2D eigenvalue weighted by Crippen LogP contribution is 2.28. The normalized spacial score (nSPS) is 16.0. The molecule has 0 amide bonds. The van der Waals surface area contributed by atoms with Gasteiger partial charge in [0, 0.05) is 13.2 Å². The van der Waals surface area contributed by atoms with Gasteiger partial charge in [-0.2, -0.15) is 10.2 Å². The molecule has 1 atom stereocenters. The topological polar surface area (TPSA) is 93.5 Å². The van der Waals surface area contributed by atoms with Crippen LogP contribution in [0.2, 0.25) is 0 Å². The number of aryl methyl sites for hydroxylation is 2. The van der Waals surface area contributed by atoms with E-state index >= 15 is 0 Å². The summed E-state index contributed by atoms with van der Waals surface area (Å²) in [6.45, 7) is 5.68. The van der Waals surface area contributed by atoms with Gasteiger partial charge in [-0.05, 0) is 56.0 Å². The SMILES string of the molecule is Cc1ccc(C)c(OCc2ccc(-c3nc(C#N)c(NC[C@@H]4CCCO4)o3)o2)c1. The van der Waals surface area contributed by atoms with E-state index in [1.54, 1.807) is 6.07 Å². The monoisotopic (exact) mass is 393 g/mol. The Hall–Kier alpha value is -3.24. The molecule has 0 aliphatic carbocycles. The lowest BCUT2D eigenvalue weighted by atomic mass is 10.1. The van der Waals surface area contributed by atoms with Gasteiger partial charge in [0.05, 0.1) is 6.10 Å². The van der Waals surface area contributed by atoms with Crippen molar-refractivity contribution in [1.82, 2.24) is 4.98 Å². The molecular formula is C22H23N3O4. The number of nitrogens with one attached hydrogen (secondary N) is 1. The Kier molecular flexibility index (Phi) is 5.54. The second kappa shape index (κ2) is 8.41. The number of benzene rings is 1. The number of hydrogen-bond acceptors (Lipinski definition) is 7. The summed E-state index contributed by atoms with van der Waals surface area (Å²) in [5, 5.41) is 12.5. The molecule has 3 aromatic rings. The van der Waals surface area contributed by atoms with Gasteiger partial charge in [-0.15, -0.1) is 0 Å². The largest absolute Gasteiger partial charge is 0.485 e. The molecule has 7 nitrogen and oxygen atoms in total. The fourth-order valence-electron chi connectivity index (χ4n) is 3.22. The maximum absolute atomic E-state index is 9.34. The quantitative estimate of drug-likeness (QED) is 0.627. The molecule has 1 aromatic carbocycles. The number of aromatic nitrogens is 1. The second-order valence-corrected chi connectivity index (χ2v) is 7.15. The van der Waals surface area contributed by atoms with Gasteiger partial charge in [0.2, 0.25) is 11.6 Å². The van der Waals surface area contributed by atoms with E-state index in [0.29, 0.717) is 30.6 Å². The maximum Gasteiger partial charge on any atom is 0.266 e. The van der Waals surface area contributed by atoms with Crippen molar-refractivity contribution in [2.45, 2.75) is 39.4 Å². The Bertz CT molecular complexity index is 1030. The van der Waals surface area contributed by atoms with Gasteiger partial charge in [0.25, 0.3) is 5.89 Å². The number of hydrogen-bond donors (Lipinski definition) is 1. The van der Waals surface area contributed by atoms with Crippen LogP contribution in [0.4, 0.5) is 5.88 Å². The Morgan fingerprint density at radius 2 is 2.14 bits per heavy atom. The summed E-state index contributed by atoms with van der Waals surface area (Å²) in [5.41, 5.74) is 2.40. The zero-order valence-electron chi connectivity index (χ0n) is 16.5. The van der Waals surface area contributed by atoms with Crippen LogP contribution in [0.25, 0.3) is 11.7 Å². The van der Waals surface area contributed by atoms with Gasteiger partial charge >= 0.3 is 0 Å². The lowest BCUT2D eigenvalue weighted by Gasteiger charge is -2.09. The summed E-state index contributed by atoms with van der Waals surface area (Å²) < 4.78 is 23.0. The third-order valence-corrected chi connectivity index (χ3v) is 4.83. The summed E-state index contributed by atoms with van der Waals surface area (Å²) in [7, 11) is 0. The van der Waals surface area contributed by atoms with Crippen LogP contribution >= 0.6 is 0 Å². The van der Waals surface area contributed by atoms with Crippen molar-refractivity contribution < 1.29 is 18.3 Å². The Morgan fingerprint density at radius 3 is 2.93 bits per heavy atom. The Labute approximate surface area is 169 Å². The molecule has 150 valence electrons. The molecule has 1 aliphatic heterocycles. The van der Waals surface area contributed by atoms with Crippen LogP contribution in [0.5, 0.6) is 5.75 Å². The molecule has 0 spiro atoms. The van der Waals surface area contributed by atoms with Gasteiger partial charge in [-0.25, -0.2) is 0 Å². The zero-order chi connectivity index (χ0) is 20.2. The first-order valence-electron chi connectivity index (χ1n) is 9.68. The third-order valence-electron chi connectivity index (χ3n) is 4.83. The molecular weight excluding hydrogens is 370 g/mol. The molecule has 0 saturated carbocycles. The molecule has 1 fully saturated rings. The van der Waals surface area contributed by atoms with Crippen molar-refractivity contribution >= 4 is 5.88 Å². The molecule has 3 heterocycles. The van der Waals surface area contributed by atoms with E-state index < -0.39 is 0 Å². The summed E-state index contributed by atoms with van der Waals surface area (Å²) in [4.78, 5) is 4.24. The summed E-state index contributed by atoms with van der Waals surface area (Å²) in [6.07, 6.45) is 2.18. The van der Waals surface area contributed by atoms with Crippen molar-refractivity contribution in [3.8, 4) is 23.5 Å². The van der Waals surface area contributed by atoms with Crippen molar-refractivity contribution in [2.75, 3.05) is 18.5 Å². The van der Waals surface area contributed by atoms with Crippen molar-refractivity contribution in [3.05, 3.63) is 52.9 Å². The van der Waals surface area contributed by atoms with Gasteiger partial charge in [-0.3, -0.25) is 0 Å². The first-order valence-corrected chi connectivity index (χ1v) is 9.68. The number of rotatable bonds is 7. The van der Waals surface area contributed by atoms with Crippen LogP contribution in [-0.2, 0) is 11.3 Å². The molecule has 0 radical (unpaired) electrons. The first-order chi connectivity index (χ1) is 14.1. The highest BCUT2D eigenvalue weighted by atomic mass is 16.5. The lowest BCUT2D eigenvalue weighted by Crippen LogP contribution is -2.18. The van der Waals surface area contributed by atoms with Crippen LogP contribution in [0.3, 0.4) is 0 Å². The minimum Gasteiger partial charge on any atom is -0.485 e. The Balaban J connectivity index is 1.43. The minimum absolute atomic E-state index is 0.132. The van der Waals surface area contributed by atoms with Gasteiger partial charge in [-0.1, -0.05) is 12.1 Å². The van der Waals surface area contributed by atoms with Crippen molar-refractivity contribution in [3.63, 3.8) is 0 Å². The molecule has 0 bridgehead atoms. The zero-order valence-corrected chi connectivity index (χ0v) is 16.5. The smallest absolute Gasteiger partial charge is 0.266 e.